The number of thiophene rings is 1. The van der Waals surface area contributed by atoms with E-state index in [4.69, 9.17) is 9.68 Å². The van der Waals surface area contributed by atoms with Crippen LogP contribution >= 0.6 is 23.1 Å². The highest BCUT2D eigenvalue weighted by Crippen LogP contribution is 2.27. The fourth-order valence-corrected chi connectivity index (χ4v) is 3.85. The summed E-state index contributed by atoms with van der Waals surface area (Å²) in [5, 5.41) is 12.5. The molecule has 122 valence electrons. The highest BCUT2D eigenvalue weighted by molar-refractivity contribution is 8.00. The van der Waals surface area contributed by atoms with Crippen LogP contribution in [-0.2, 0) is 11.3 Å². The largest absolute Gasteiger partial charge is 0.467 e. The van der Waals surface area contributed by atoms with Crippen LogP contribution in [0.15, 0.2) is 45.6 Å². The van der Waals surface area contributed by atoms with Crippen LogP contribution in [0.3, 0.4) is 0 Å². The van der Waals surface area contributed by atoms with Crippen molar-refractivity contribution >= 4 is 39.2 Å². The quantitative estimate of drug-likeness (QED) is 0.476. The van der Waals surface area contributed by atoms with Gasteiger partial charge in [0.15, 0.2) is 0 Å². The summed E-state index contributed by atoms with van der Waals surface area (Å²) >= 11 is 2.94. The Hall–Kier alpha value is -2.37. The van der Waals surface area contributed by atoms with Gasteiger partial charge in [-0.1, -0.05) is 11.8 Å². The molecule has 8 heteroatoms. The van der Waals surface area contributed by atoms with Crippen LogP contribution in [0.4, 0.5) is 0 Å². The SMILES string of the molecule is N#CCCN(Cc1ccco1)C(=O)CSc1ncnc2sccc12. The molecule has 6 nitrogen and oxygen atoms in total. The van der Waals surface area contributed by atoms with Crippen molar-refractivity contribution in [2.45, 2.75) is 18.0 Å². The van der Waals surface area contributed by atoms with Gasteiger partial charge in [0.05, 0.1) is 31.1 Å². The van der Waals surface area contributed by atoms with Gasteiger partial charge < -0.3 is 9.32 Å². The molecule has 0 bridgehead atoms. The first kappa shape index (κ1) is 16.5. The molecule has 3 aromatic rings. The molecule has 0 saturated carbocycles. The molecule has 0 aliphatic carbocycles. The Bertz CT molecular complexity index is 854. The monoisotopic (exact) mass is 358 g/mol. The second-order valence-corrected chi connectivity index (χ2v) is 6.77. The van der Waals surface area contributed by atoms with Gasteiger partial charge in [0, 0.05) is 11.9 Å². The maximum atomic E-state index is 12.5. The molecule has 0 aliphatic rings. The number of carbonyl (C=O) groups is 1. The lowest BCUT2D eigenvalue weighted by Crippen LogP contribution is -2.32. The Labute approximate surface area is 147 Å². The first-order valence-electron chi connectivity index (χ1n) is 7.26. The number of nitrogens with zero attached hydrogens (tertiary/aromatic N) is 4. The van der Waals surface area contributed by atoms with E-state index >= 15 is 0 Å². The van der Waals surface area contributed by atoms with Gasteiger partial charge in [-0.15, -0.1) is 11.3 Å². The minimum absolute atomic E-state index is 0.0476. The Kier molecular flexibility index (Phi) is 5.46. The van der Waals surface area contributed by atoms with Crippen LogP contribution < -0.4 is 0 Å². The Morgan fingerprint density at radius 3 is 3.12 bits per heavy atom. The number of amides is 1. The molecule has 0 aromatic carbocycles. The first-order chi connectivity index (χ1) is 11.8. The average Bonchev–Trinajstić information content (AvgIpc) is 3.27. The van der Waals surface area contributed by atoms with E-state index in [1.807, 2.05) is 17.5 Å². The zero-order chi connectivity index (χ0) is 16.8. The van der Waals surface area contributed by atoms with Gasteiger partial charge in [0.1, 0.15) is 21.9 Å². The maximum absolute atomic E-state index is 12.5. The lowest BCUT2D eigenvalue weighted by molar-refractivity contribution is -0.129. The van der Waals surface area contributed by atoms with Crippen molar-refractivity contribution in [1.29, 1.82) is 5.26 Å². The Balaban J connectivity index is 1.66. The molecule has 0 saturated heterocycles. The van der Waals surface area contributed by atoms with Gasteiger partial charge in [-0.05, 0) is 23.6 Å². The van der Waals surface area contributed by atoms with Crippen molar-refractivity contribution in [2.24, 2.45) is 0 Å². The molecule has 3 heterocycles. The molecule has 0 aliphatic heterocycles. The predicted octanol–water partition coefficient (Wildman–Crippen LogP) is 3.32. The summed E-state index contributed by atoms with van der Waals surface area (Å²) in [4.78, 5) is 23.6. The van der Waals surface area contributed by atoms with Crippen LogP contribution in [-0.4, -0.2) is 33.1 Å². The molecule has 0 N–H and O–H groups in total. The molecule has 0 radical (unpaired) electrons. The van der Waals surface area contributed by atoms with Gasteiger partial charge in [0.2, 0.25) is 5.91 Å². The smallest absolute Gasteiger partial charge is 0.233 e. The third-order valence-electron chi connectivity index (χ3n) is 3.33. The minimum Gasteiger partial charge on any atom is -0.467 e. The van der Waals surface area contributed by atoms with Crippen molar-refractivity contribution < 1.29 is 9.21 Å². The maximum Gasteiger partial charge on any atom is 0.233 e. The van der Waals surface area contributed by atoms with E-state index in [1.165, 1.54) is 18.1 Å². The van der Waals surface area contributed by atoms with Gasteiger partial charge in [-0.25, -0.2) is 9.97 Å². The lowest BCUT2D eigenvalue weighted by Gasteiger charge is -2.20. The molecule has 3 rings (SSSR count). The summed E-state index contributed by atoms with van der Waals surface area (Å²) in [5.41, 5.74) is 0. The third kappa shape index (κ3) is 3.93. The van der Waals surface area contributed by atoms with Gasteiger partial charge in [-0.3, -0.25) is 4.79 Å². The Morgan fingerprint density at radius 1 is 1.42 bits per heavy atom. The highest BCUT2D eigenvalue weighted by Gasteiger charge is 2.16. The van der Waals surface area contributed by atoms with Gasteiger partial charge in [-0.2, -0.15) is 5.26 Å². The normalized spacial score (nSPS) is 10.6. The van der Waals surface area contributed by atoms with Crippen LogP contribution in [0.2, 0.25) is 0 Å². The number of rotatable bonds is 7. The van der Waals surface area contributed by atoms with E-state index < -0.39 is 0 Å². The van der Waals surface area contributed by atoms with Crippen LogP contribution in [0, 0.1) is 11.3 Å². The molecular formula is C16H14N4O2S2. The molecule has 0 fully saturated rings. The lowest BCUT2D eigenvalue weighted by atomic mass is 10.3. The van der Waals surface area contributed by atoms with Crippen molar-refractivity contribution in [2.75, 3.05) is 12.3 Å². The number of fused-ring (bicyclic) bond motifs is 1. The van der Waals surface area contributed by atoms with Crippen molar-refractivity contribution in [3.05, 3.63) is 41.9 Å². The van der Waals surface area contributed by atoms with Gasteiger partial charge in [0.25, 0.3) is 0 Å². The number of carbonyl (C=O) groups excluding carboxylic acids is 1. The summed E-state index contributed by atoms with van der Waals surface area (Å²) in [6.07, 6.45) is 3.38. The fourth-order valence-electron chi connectivity index (χ4n) is 2.17. The second kappa shape index (κ2) is 7.95. The fraction of sp³-hybridized carbons (Fsp3) is 0.250. The minimum atomic E-state index is -0.0476. The summed E-state index contributed by atoms with van der Waals surface area (Å²) in [7, 11) is 0. The summed E-state index contributed by atoms with van der Waals surface area (Å²) < 4.78 is 5.30. The standard InChI is InChI=1S/C16H14N4O2S2/c17-5-2-6-20(9-12-3-1-7-22-12)14(21)10-24-16-13-4-8-23-15(13)18-11-19-16/h1,3-4,7-8,11H,2,6,9-10H2. The number of aromatic nitrogens is 2. The number of thioether (sulfide) groups is 1. The number of hydrogen-bond acceptors (Lipinski definition) is 7. The molecule has 3 aromatic heterocycles. The van der Waals surface area contributed by atoms with Crippen LogP contribution in [0.1, 0.15) is 12.2 Å². The summed E-state index contributed by atoms with van der Waals surface area (Å²) in [6.45, 7) is 0.750. The molecule has 0 atom stereocenters. The van der Waals surface area contributed by atoms with Crippen molar-refractivity contribution in [3.8, 4) is 6.07 Å². The van der Waals surface area contributed by atoms with Crippen LogP contribution in [0.5, 0.6) is 0 Å². The van der Waals surface area contributed by atoms with Crippen LogP contribution in [0.25, 0.3) is 10.2 Å². The average molecular weight is 358 g/mol. The number of furan rings is 1. The second-order valence-electron chi connectivity index (χ2n) is 4.91. The van der Waals surface area contributed by atoms with E-state index in [1.54, 1.807) is 28.6 Å². The summed E-state index contributed by atoms with van der Waals surface area (Å²) in [5.74, 6) is 0.913. The molecule has 0 unspecified atom stereocenters. The van der Waals surface area contributed by atoms with E-state index in [2.05, 4.69) is 16.0 Å². The van der Waals surface area contributed by atoms with E-state index in [0.29, 0.717) is 25.3 Å². The first-order valence-corrected chi connectivity index (χ1v) is 9.12. The summed E-state index contributed by atoms with van der Waals surface area (Å²) in [6, 6.07) is 7.64. The van der Waals surface area contributed by atoms with Gasteiger partial charge >= 0.3 is 0 Å². The topological polar surface area (TPSA) is 83.0 Å². The Morgan fingerprint density at radius 2 is 2.33 bits per heavy atom. The number of nitriles is 1. The molecule has 1 amide bonds. The third-order valence-corrected chi connectivity index (χ3v) is 5.14. The van der Waals surface area contributed by atoms with E-state index in [-0.39, 0.29) is 11.7 Å². The zero-order valence-electron chi connectivity index (χ0n) is 12.7. The van der Waals surface area contributed by atoms with E-state index in [0.717, 1.165) is 15.2 Å². The molecular weight excluding hydrogens is 344 g/mol. The molecule has 24 heavy (non-hydrogen) atoms. The molecule has 0 spiro atoms. The predicted molar refractivity (Wildman–Crippen MR) is 92.5 cm³/mol. The van der Waals surface area contributed by atoms with Crippen molar-refractivity contribution in [3.63, 3.8) is 0 Å². The number of hydrogen-bond donors (Lipinski definition) is 0. The van der Waals surface area contributed by atoms with E-state index in [9.17, 15) is 4.79 Å². The zero-order valence-corrected chi connectivity index (χ0v) is 14.3. The highest BCUT2D eigenvalue weighted by atomic mass is 32.2. The van der Waals surface area contributed by atoms with Crippen molar-refractivity contribution in [1.82, 2.24) is 14.9 Å².